The highest BCUT2D eigenvalue weighted by atomic mass is 35.5. The normalized spacial score (nSPS) is 19.7. The second-order valence-corrected chi connectivity index (χ2v) is 9.86. The fraction of sp³-hybridized carbons (Fsp3) is 0.417. The SMILES string of the molecule is CN1CCC2(CC1)CC(CONc1ncnc3ccc(N)cc13)(c1ccc(F)c(Cl)c1)C2. The van der Waals surface area contributed by atoms with Crippen molar-refractivity contribution in [3.8, 4) is 0 Å². The van der Waals surface area contributed by atoms with Crippen molar-refractivity contribution in [1.82, 2.24) is 14.9 Å². The number of nitrogens with two attached hydrogens (primary N) is 1. The minimum absolute atomic E-state index is 0.149. The maximum absolute atomic E-state index is 13.8. The number of hydrogen-bond donors (Lipinski definition) is 2. The van der Waals surface area contributed by atoms with Crippen molar-refractivity contribution in [2.45, 2.75) is 31.1 Å². The molecule has 0 bridgehead atoms. The first-order valence-corrected chi connectivity index (χ1v) is 11.3. The van der Waals surface area contributed by atoms with Crippen LogP contribution in [0.15, 0.2) is 42.7 Å². The minimum Gasteiger partial charge on any atom is -0.399 e. The molecule has 6 nitrogen and oxygen atoms in total. The Kier molecular flexibility index (Phi) is 5.43. The van der Waals surface area contributed by atoms with E-state index >= 15 is 0 Å². The highest BCUT2D eigenvalue weighted by Gasteiger charge is 2.56. The predicted molar refractivity (Wildman–Crippen MR) is 125 cm³/mol. The first-order chi connectivity index (χ1) is 15.4. The van der Waals surface area contributed by atoms with Gasteiger partial charge in [-0.3, -0.25) is 4.84 Å². The summed E-state index contributed by atoms with van der Waals surface area (Å²) in [5, 5.41) is 0.947. The zero-order valence-corrected chi connectivity index (χ0v) is 18.8. The van der Waals surface area contributed by atoms with Crippen LogP contribution in [0.1, 0.15) is 31.2 Å². The number of nitrogen functional groups attached to an aromatic ring is 1. The van der Waals surface area contributed by atoms with Gasteiger partial charge in [0, 0.05) is 16.5 Å². The molecule has 1 aromatic heterocycles. The summed E-state index contributed by atoms with van der Waals surface area (Å²) in [6.45, 7) is 2.64. The van der Waals surface area contributed by atoms with Crippen molar-refractivity contribution in [3.63, 3.8) is 0 Å². The van der Waals surface area contributed by atoms with Gasteiger partial charge in [-0.25, -0.2) is 19.8 Å². The Hall–Kier alpha value is -2.48. The Bertz CT molecular complexity index is 1140. The number of hydrogen-bond acceptors (Lipinski definition) is 6. The molecule has 0 atom stereocenters. The van der Waals surface area contributed by atoms with Gasteiger partial charge in [0.1, 0.15) is 12.1 Å². The van der Waals surface area contributed by atoms with Crippen LogP contribution in [0.2, 0.25) is 5.02 Å². The number of likely N-dealkylation sites (tertiary alicyclic amines) is 1. The molecule has 0 radical (unpaired) electrons. The zero-order chi connectivity index (χ0) is 22.3. The maximum atomic E-state index is 13.8. The zero-order valence-electron chi connectivity index (χ0n) is 18.1. The standard InChI is InChI=1S/C24H27ClFN5O/c1-31-8-6-23(7-9-31)12-24(13-23,16-2-4-20(26)19(25)10-16)14-32-30-22-18-11-17(27)3-5-21(18)28-15-29-22/h2-5,10-11,15H,6-9,12-14,27H2,1H3,(H,28,29,30). The molecule has 3 N–H and O–H groups in total. The molecule has 8 heteroatoms. The lowest BCUT2D eigenvalue weighted by molar-refractivity contribution is -0.0632. The van der Waals surface area contributed by atoms with E-state index in [1.165, 1.54) is 25.2 Å². The highest BCUT2D eigenvalue weighted by Crippen LogP contribution is 2.60. The van der Waals surface area contributed by atoms with Crippen LogP contribution in [0.4, 0.5) is 15.9 Å². The summed E-state index contributed by atoms with van der Waals surface area (Å²) in [4.78, 5) is 17.0. The summed E-state index contributed by atoms with van der Waals surface area (Å²) >= 11 is 6.14. The lowest BCUT2D eigenvalue weighted by Crippen LogP contribution is -2.56. The molecule has 1 aliphatic carbocycles. The summed E-state index contributed by atoms with van der Waals surface area (Å²) in [5.41, 5.74) is 11.5. The molecule has 0 amide bonds. The number of fused-ring (bicyclic) bond motifs is 1. The van der Waals surface area contributed by atoms with Crippen molar-refractivity contribution in [3.05, 3.63) is 59.1 Å². The Morgan fingerprint density at radius 3 is 2.69 bits per heavy atom. The van der Waals surface area contributed by atoms with E-state index in [0.29, 0.717) is 23.5 Å². The molecule has 32 heavy (non-hydrogen) atoms. The first-order valence-electron chi connectivity index (χ1n) is 10.9. The Morgan fingerprint density at radius 2 is 1.94 bits per heavy atom. The van der Waals surface area contributed by atoms with Crippen LogP contribution in [0.3, 0.4) is 0 Å². The van der Waals surface area contributed by atoms with E-state index in [2.05, 4.69) is 27.4 Å². The second kappa shape index (κ2) is 8.14. The number of aromatic nitrogens is 2. The first kappa shape index (κ1) is 21.4. The molecule has 3 aromatic rings. The molecule has 1 aliphatic heterocycles. The van der Waals surface area contributed by atoms with Gasteiger partial charge in [-0.1, -0.05) is 17.7 Å². The molecule has 1 saturated carbocycles. The third-order valence-corrected chi connectivity index (χ3v) is 7.47. The van der Waals surface area contributed by atoms with Crippen LogP contribution in [-0.4, -0.2) is 41.6 Å². The number of piperidine rings is 1. The van der Waals surface area contributed by atoms with E-state index in [9.17, 15) is 4.39 Å². The molecular weight excluding hydrogens is 429 g/mol. The molecule has 168 valence electrons. The van der Waals surface area contributed by atoms with E-state index in [1.807, 2.05) is 24.3 Å². The van der Waals surface area contributed by atoms with Crippen molar-refractivity contribution in [2.75, 3.05) is 38.0 Å². The molecule has 2 aromatic carbocycles. The fourth-order valence-electron chi connectivity index (χ4n) is 5.44. The topological polar surface area (TPSA) is 76.3 Å². The third kappa shape index (κ3) is 3.89. The number of anilines is 2. The van der Waals surface area contributed by atoms with Crippen molar-refractivity contribution in [1.29, 1.82) is 0 Å². The Labute approximate surface area is 191 Å². The number of benzene rings is 2. The molecule has 1 saturated heterocycles. The molecule has 5 rings (SSSR count). The lowest BCUT2D eigenvalue weighted by atomic mass is 9.48. The van der Waals surface area contributed by atoms with E-state index in [4.69, 9.17) is 22.2 Å². The fourth-order valence-corrected chi connectivity index (χ4v) is 5.62. The number of halogens is 2. The van der Waals surface area contributed by atoms with E-state index in [-0.39, 0.29) is 10.4 Å². The lowest BCUT2D eigenvalue weighted by Gasteiger charge is -2.59. The van der Waals surface area contributed by atoms with Crippen LogP contribution in [0, 0.1) is 11.2 Å². The number of nitrogens with zero attached hydrogens (tertiary/aromatic N) is 3. The van der Waals surface area contributed by atoms with Gasteiger partial charge < -0.3 is 10.6 Å². The summed E-state index contributed by atoms with van der Waals surface area (Å²) < 4.78 is 13.8. The summed E-state index contributed by atoms with van der Waals surface area (Å²) in [6, 6.07) is 10.5. The van der Waals surface area contributed by atoms with Gasteiger partial charge in [0.15, 0.2) is 5.82 Å². The minimum atomic E-state index is -0.400. The van der Waals surface area contributed by atoms with Crippen LogP contribution >= 0.6 is 11.6 Å². The largest absolute Gasteiger partial charge is 0.399 e. The molecule has 1 spiro atoms. The van der Waals surface area contributed by atoms with Crippen molar-refractivity contribution >= 4 is 34.0 Å². The summed E-state index contributed by atoms with van der Waals surface area (Å²) in [5.74, 6) is 0.172. The number of rotatable bonds is 5. The molecule has 2 aliphatic rings. The van der Waals surface area contributed by atoms with Crippen LogP contribution in [0.25, 0.3) is 10.9 Å². The van der Waals surface area contributed by atoms with Gasteiger partial charge >= 0.3 is 0 Å². The molecule has 0 unspecified atom stereocenters. The van der Waals surface area contributed by atoms with E-state index in [1.54, 1.807) is 6.07 Å². The summed E-state index contributed by atoms with van der Waals surface area (Å²) in [6.07, 6.45) is 5.83. The van der Waals surface area contributed by atoms with Gasteiger partial charge in [-0.05, 0) is 87.1 Å². The Balaban J connectivity index is 1.37. The van der Waals surface area contributed by atoms with Crippen molar-refractivity contribution < 1.29 is 9.23 Å². The second-order valence-electron chi connectivity index (χ2n) is 9.46. The smallest absolute Gasteiger partial charge is 0.161 e. The average Bonchev–Trinajstić information content (AvgIpc) is 2.76. The third-order valence-electron chi connectivity index (χ3n) is 7.18. The van der Waals surface area contributed by atoms with Crippen LogP contribution < -0.4 is 11.2 Å². The van der Waals surface area contributed by atoms with Gasteiger partial charge in [0.05, 0.1) is 17.1 Å². The quantitative estimate of drug-likeness (QED) is 0.425. The summed E-state index contributed by atoms with van der Waals surface area (Å²) in [7, 11) is 2.17. The van der Waals surface area contributed by atoms with Crippen LogP contribution in [0.5, 0.6) is 0 Å². The van der Waals surface area contributed by atoms with Crippen LogP contribution in [-0.2, 0) is 10.3 Å². The molecular formula is C24H27ClFN5O. The molecule has 2 heterocycles. The average molecular weight is 456 g/mol. The van der Waals surface area contributed by atoms with Gasteiger partial charge in [0.25, 0.3) is 0 Å². The van der Waals surface area contributed by atoms with E-state index in [0.717, 1.165) is 42.4 Å². The number of nitrogens with one attached hydrogen (secondary N) is 1. The van der Waals surface area contributed by atoms with E-state index < -0.39 is 5.82 Å². The van der Waals surface area contributed by atoms with Gasteiger partial charge in [-0.2, -0.15) is 0 Å². The maximum Gasteiger partial charge on any atom is 0.161 e. The monoisotopic (exact) mass is 455 g/mol. The van der Waals surface area contributed by atoms with Gasteiger partial charge in [-0.15, -0.1) is 0 Å². The van der Waals surface area contributed by atoms with Crippen molar-refractivity contribution in [2.24, 2.45) is 5.41 Å². The highest BCUT2D eigenvalue weighted by molar-refractivity contribution is 6.30. The molecule has 2 fully saturated rings. The predicted octanol–water partition coefficient (Wildman–Crippen LogP) is 4.79. The Morgan fingerprint density at radius 1 is 1.16 bits per heavy atom. The van der Waals surface area contributed by atoms with Gasteiger partial charge in [0.2, 0.25) is 0 Å².